The number of amides is 1. The monoisotopic (exact) mass is 286 g/mol. The summed E-state index contributed by atoms with van der Waals surface area (Å²) in [4.78, 5) is 12.7. The third kappa shape index (κ3) is 3.12. The van der Waals surface area contributed by atoms with E-state index in [-0.39, 0.29) is 0 Å². The molecule has 0 saturated carbocycles. The lowest BCUT2D eigenvalue weighted by Gasteiger charge is -2.39. The second-order valence-corrected chi connectivity index (χ2v) is 5.11. The zero-order chi connectivity index (χ0) is 14.9. The van der Waals surface area contributed by atoms with Crippen molar-refractivity contribution in [1.29, 1.82) is 0 Å². The second kappa shape index (κ2) is 5.44. The van der Waals surface area contributed by atoms with Crippen LogP contribution in [0.5, 0.6) is 0 Å². The van der Waals surface area contributed by atoms with E-state index in [2.05, 4.69) is 0 Å². The van der Waals surface area contributed by atoms with E-state index in [9.17, 15) is 18.0 Å². The van der Waals surface area contributed by atoms with Crippen LogP contribution in [0.15, 0.2) is 35.5 Å². The fourth-order valence-electron chi connectivity index (χ4n) is 2.65. The molecule has 0 bridgehead atoms. The number of hydrogen-bond acceptors (Lipinski definition) is 2. The van der Waals surface area contributed by atoms with Crippen LogP contribution >= 0.6 is 0 Å². The number of likely N-dealkylation sites (tertiary alicyclic amines) is 1. The largest absolute Gasteiger partial charge is 0.406 e. The molecular weight excluding hydrogens is 269 g/mol. The summed E-state index contributed by atoms with van der Waals surface area (Å²) in [5.41, 5.74) is 7.49. The molecule has 1 aliphatic carbocycles. The molecule has 1 heterocycles. The standard InChI is InChI=1S/C14H17F3N2O/c1-9-11(10-5-3-2-4-6-10)7-12(18)13(20)19(9)8-14(15,16)17/h2-5,9,12H,6-8,18H2,1H3/b11-10-/t9-,12+/m1/s1. The summed E-state index contributed by atoms with van der Waals surface area (Å²) < 4.78 is 37.8. The van der Waals surface area contributed by atoms with Crippen LogP contribution in [-0.4, -0.2) is 35.6 Å². The highest BCUT2D eigenvalue weighted by Crippen LogP contribution is 2.31. The molecular formula is C14H17F3N2O. The lowest BCUT2D eigenvalue weighted by Crippen LogP contribution is -2.56. The average Bonchev–Trinajstić information content (AvgIpc) is 2.39. The maximum Gasteiger partial charge on any atom is 0.406 e. The van der Waals surface area contributed by atoms with Crippen LogP contribution in [0.1, 0.15) is 19.8 Å². The van der Waals surface area contributed by atoms with Gasteiger partial charge >= 0.3 is 6.18 Å². The first-order valence-corrected chi connectivity index (χ1v) is 6.47. The first-order chi connectivity index (χ1) is 9.29. The van der Waals surface area contributed by atoms with Gasteiger partial charge in [0.05, 0.1) is 12.1 Å². The number of hydrogen-bond donors (Lipinski definition) is 1. The number of piperidine rings is 1. The van der Waals surface area contributed by atoms with Crippen LogP contribution in [-0.2, 0) is 4.79 Å². The van der Waals surface area contributed by atoms with Gasteiger partial charge in [-0.05, 0) is 30.9 Å². The molecule has 2 N–H and O–H groups in total. The lowest BCUT2D eigenvalue weighted by atomic mass is 9.87. The zero-order valence-corrected chi connectivity index (χ0v) is 11.2. The number of carbonyl (C=O) groups is 1. The normalized spacial score (nSPS) is 31.1. The van der Waals surface area contributed by atoms with Gasteiger partial charge in [-0.25, -0.2) is 0 Å². The first-order valence-electron chi connectivity index (χ1n) is 6.47. The van der Waals surface area contributed by atoms with Crippen molar-refractivity contribution in [2.75, 3.05) is 6.54 Å². The summed E-state index contributed by atoms with van der Waals surface area (Å²) >= 11 is 0. The Bertz CT molecular complexity index is 491. The van der Waals surface area contributed by atoms with E-state index < -0.39 is 30.7 Å². The molecule has 1 aliphatic heterocycles. The van der Waals surface area contributed by atoms with Crippen molar-refractivity contribution < 1.29 is 18.0 Å². The van der Waals surface area contributed by atoms with E-state index >= 15 is 0 Å². The summed E-state index contributed by atoms with van der Waals surface area (Å²) in [7, 11) is 0. The van der Waals surface area contributed by atoms with E-state index in [0.29, 0.717) is 12.8 Å². The number of carbonyl (C=O) groups excluding carboxylic acids is 1. The molecule has 0 unspecified atom stereocenters. The van der Waals surface area contributed by atoms with Gasteiger partial charge in [-0.15, -0.1) is 0 Å². The van der Waals surface area contributed by atoms with Gasteiger partial charge in [-0.3, -0.25) is 4.79 Å². The van der Waals surface area contributed by atoms with Gasteiger partial charge < -0.3 is 10.6 Å². The number of alkyl halides is 3. The molecule has 1 amide bonds. The van der Waals surface area contributed by atoms with Crippen molar-refractivity contribution in [3.8, 4) is 0 Å². The Kier molecular flexibility index (Phi) is 4.04. The second-order valence-electron chi connectivity index (χ2n) is 5.11. The lowest BCUT2D eigenvalue weighted by molar-refractivity contribution is -0.166. The summed E-state index contributed by atoms with van der Waals surface area (Å²) in [6.45, 7) is 0.376. The molecule has 0 aromatic heterocycles. The van der Waals surface area contributed by atoms with E-state index in [1.807, 2.05) is 24.3 Å². The molecule has 0 spiro atoms. The van der Waals surface area contributed by atoms with Gasteiger partial charge in [0.1, 0.15) is 6.54 Å². The third-order valence-electron chi connectivity index (χ3n) is 3.66. The van der Waals surface area contributed by atoms with Crippen LogP contribution in [0, 0.1) is 0 Å². The summed E-state index contributed by atoms with van der Waals surface area (Å²) in [6, 6.07) is -1.47. The van der Waals surface area contributed by atoms with Gasteiger partial charge in [-0.2, -0.15) is 13.2 Å². The van der Waals surface area contributed by atoms with Crippen molar-refractivity contribution in [3.63, 3.8) is 0 Å². The Hall–Kier alpha value is -1.56. The summed E-state index contributed by atoms with van der Waals surface area (Å²) in [5, 5.41) is 0. The third-order valence-corrected chi connectivity index (χ3v) is 3.66. The van der Waals surface area contributed by atoms with Gasteiger partial charge in [0.15, 0.2) is 0 Å². The van der Waals surface area contributed by atoms with E-state index in [1.165, 1.54) is 0 Å². The Morgan fingerprint density at radius 2 is 2.10 bits per heavy atom. The predicted octanol–water partition coefficient (Wildman–Crippen LogP) is 2.31. The fraction of sp³-hybridized carbons (Fsp3) is 0.500. The van der Waals surface area contributed by atoms with Crippen LogP contribution in [0.4, 0.5) is 13.2 Å². The zero-order valence-electron chi connectivity index (χ0n) is 11.2. The molecule has 0 radical (unpaired) electrons. The van der Waals surface area contributed by atoms with Crippen molar-refractivity contribution in [2.45, 2.75) is 38.0 Å². The highest BCUT2D eigenvalue weighted by atomic mass is 19.4. The van der Waals surface area contributed by atoms with Crippen LogP contribution in [0.25, 0.3) is 0 Å². The van der Waals surface area contributed by atoms with E-state index in [4.69, 9.17) is 5.73 Å². The topological polar surface area (TPSA) is 46.3 Å². The summed E-state index contributed by atoms with van der Waals surface area (Å²) in [6.07, 6.45) is 4.10. The van der Waals surface area contributed by atoms with Crippen molar-refractivity contribution in [1.82, 2.24) is 4.90 Å². The van der Waals surface area contributed by atoms with E-state index in [1.54, 1.807) is 6.92 Å². The van der Waals surface area contributed by atoms with E-state index in [0.717, 1.165) is 16.0 Å². The maximum absolute atomic E-state index is 12.6. The molecule has 2 atom stereocenters. The van der Waals surface area contributed by atoms with Gasteiger partial charge in [0, 0.05) is 0 Å². The van der Waals surface area contributed by atoms with Gasteiger partial charge in [-0.1, -0.05) is 24.3 Å². The molecule has 2 aliphatic rings. The molecule has 20 heavy (non-hydrogen) atoms. The molecule has 0 aromatic rings. The van der Waals surface area contributed by atoms with Crippen molar-refractivity contribution in [3.05, 3.63) is 35.5 Å². The molecule has 6 heteroatoms. The molecule has 2 rings (SSSR count). The van der Waals surface area contributed by atoms with Gasteiger partial charge in [0.25, 0.3) is 0 Å². The maximum atomic E-state index is 12.6. The Labute approximate surface area is 115 Å². The smallest absolute Gasteiger partial charge is 0.326 e. The molecule has 1 saturated heterocycles. The Balaban J connectivity index is 2.31. The minimum atomic E-state index is -4.42. The highest BCUT2D eigenvalue weighted by molar-refractivity contribution is 5.84. The van der Waals surface area contributed by atoms with Crippen molar-refractivity contribution >= 4 is 5.91 Å². The quantitative estimate of drug-likeness (QED) is 0.804. The first kappa shape index (κ1) is 14.8. The number of nitrogens with two attached hydrogens (primary N) is 1. The number of nitrogens with zero attached hydrogens (tertiary/aromatic N) is 1. The summed E-state index contributed by atoms with van der Waals surface area (Å²) in [5.74, 6) is -0.630. The SMILES string of the molecule is C[C@@H]1/C(=C2/C=CC=CC2)C[C@H](N)C(=O)N1CC(F)(F)F. The molecule has 0 aromatic carbocycles. The average molecular weight is 286 g/mol. The molecule has 110 valence electrons. The fourth-order valence-corrected chi connectivity index (χ4v) is 2.65. The molecule has 3 nitrogen and oxygen atoms in total. The van der Waals surface area contributed by atoms with Crippen molar-refractivity contribution in [2.24, 2.45) is 5.73 Å². The minimum Gasteiger partial charge on any atom is -0.326 e. The van der Waals surface area contributed by atoms with Crippen LogP contribution in [0.2, 0.25) is 0 Å². The Morgan fingerprint density at radius 3 is 2.65 bits per heavy atom. The van der Waals surface area contributed by atoms with Gasteiger partial charge in [0.2, 0.25) is 5.91 Å². The predicted molar refractivity (Wildman–Crippen MR) is 69.7 cm³/mol. The van der Waals surface area contributed by atoms with Crippen LogP contribution in [0.3, 0.4) is 0 Å². The highest BCUT2D eigenvalue weighted by Gasteiger charge is 2.41. The number of allylic oxidation sites excluding steroid dienone is 5. The Morgan fingerprint density at radius 1 is 1.40 bits per heavy atom. The molecule has 1 fully saturated rings. The minimum absolute atomic E-state index is 0.321. The number of rotatable bonds is 1. The van der Waals surface area contributed by atoms with Crippen LogP contribution < -0.4 is 5.73 Å². The number of halogens is 3.